The second kappa shape index (κ2) is 6.92. The van der Waals surface area contributed by atoms with Crippen LogP contribution in [0.5, 0.6) is 11.5 Å². The van der Waals surface area contributed by atoms with E-state index >= 15 is 0 Å². The van der Waals surface area contributed by atoms with Gasteiger partial charge < -0.3 is 20.1 Å². The Bertz CT molecular complexity index is 913. The fourth-order valence-corrected chi connectivity index (χ4v) is 2.73. The molecule has 0 saturated heterocycles. The Morgan fingerprint density at radius 3 is 2.54 bits per heavy atom. The highest BCUT2D eigenvalue weighted by Gasteiger charge is 2.14. The lowest BCUT2D eigenvalue weighted by atomic mass is 10.1. The average molecular weight is 348 g/mol. The summed E-state index contributed by atoms with van der Waals surface area (Å²) in [5, 5.41) is 6.61. The Morgan fingerprint density at radius 2 is 1.73 bits per heavy atom. The van der Waals surface area contributed by atoms with Gasteiger partial charge in [0.1, 0.15) is 5.82 Å². The molecule has 0 spiro atoms. The lowest BCUT2D eigenvalue weighted by Crippen LogP contribution is -2.12. The molecule has 4 rings (SSSR count). The summed E-state index contributed by atoms with van der Waals surface area (Å²) in [4.78, 5) is 9.25. The first-order valence-electron chi connectivity index (χ1n) is 8.55. The third-order valence-electron chi connectivity index (χ3n) is 3.86. The average Bonchev–Trinajstić information content (AvgIpc) is 3.09. The SMILES string of the molecule is CC(C)Nc1cc(-c2ccccc2)nc(Nc2ccc3c(c2)OCO3)n1. The second-order valence-corrected chi connectivity index (χ2v) is 6.32. The van der Waals surface area contributed by atoms with E-state index in [4.69, 9.17) is 9.47 Å². The quantitative estimate of drug-likeness (QED) is 0.711. The van der Waals surface area contributed by atoms with Crippen molar-refractivity contribution in [1.82, 2.24) is 9.97 Å². The number of nitrogens with zero attached hydrogens (tertiary/aromatic N) is 2. The Balaban J connectivity index is 1.68. The van der Waals surface area contributed by atoms with Crippen molar-refractivity contribution in [2.75, 3.05) is 17.4 Å². The van der Waals surface area contributed by atoms with E-state index in [1.54, 1.807) is 0 Å². The Hall–Kier alpha value is -3.28. The molecule has 0 saturated carbocycles. The summed E-state index contributed by atoms with van der Waals surface area (Å²) < 4.78 is 10.8. The van der Waals surface area contributed by atoms with Crippen LogP contribution in [0.4, 0.5) is 17.5 Å². The molecule has 1 aliphatic heterocycles. The van der Waals surface area contributed by atoms with Crippen LogP contribution in [0.3, 0.4) is 0 Å². The molecule has 1 aliphatic rings. The summed E-state index contributed by atoms with van der Waals surface area (Å²) in [6.45, 7) is 4.41. The monoisotopic (exact) mass is 348 g/mol. The van der Waals surface area contributed by atoms with Crippen molar-refractivity contribution in [2.45, 2.75) is 19.9 Å². The number of ether oxygens (including phenoxy) is 2. The van der Waals surface area contributed by atoms with Crippen LogP contribution in [-0.2, 0) is 0 Å². The van der Waals surface area contributed by atoms with E-state index in [1.165, 1.54) is 0 Å². The number of anilines is 3. The molecule has 132 valence electrons. The molecule has 0 atom stereocenters. The fraction of sp³-hybridized carbons (Fsp3) is 0.200. The van der Waals surface area contributed by atoms with E-state index < -0.39 is 0 Å². The molecule has 2 heterocycles. The fourth-order valence-electron chi connectivity index (χ4n) is 2.73. The van der Waals surface area contributed by atoms with E-state index in [0.717, 1.165) is 34.3 Å². The highest BCUT2D eigenvalue weighted by Crippen LogP contribution is 2.35. The van der Waals surface area contributed by atoms with Crippen molar-refractivity contribution in [1.29, 1.82) is 0 Å². The van der Waals surface area contributed by atoms with Crippen LogP contribution < -0.4 is 20.1 Å². The molecule has 0 amide bonds. The lowest BCUT2D eigenvalue weighted by molar-refractivity contribution is 0.174. The van der Waals surface area contributed by atoms with E-state index in [-0.39, 0.29) is 12.8 Å². The molecule has 0 aliphatic carbocycles. The zero-order chi connectivity index (χ0) is 17.9. The highest BCUT2D eigenvalue weighted by molar-refractivity contribution is 5.67. The number of nitrogens with one attached hydrogen (secondary N) is 2. The molecular formula is C20H20N4O2. The second-order valence-electron chi connectivity index (χ2n) is 6.32. The zero-order valence-corrected chi connectivity index (χ0v) is 14.7. The van der Waals surface area contributed by atoms with Crippen molar-refractivity contribution < 1.29 is 9.47 Å². The van der Waals surface area contributed by atoms with Gasteiger partial charge in [-0.3, -0.25) is 0 Å². The summed E-state index contributed by atoms with van der Waals surface area (Å²) in [6, 6.07) is 18.0. The van der Waals surface area contributed by atoms with Gasteiger partial charge in [0.25, 0.3) is 0 Å². The van der Waals surface area contributed by atoms with Gasteiger partial charge in [-0.15, -0.1) is 0 Å². The number of fused-ring (bicyclic) bond motifs is 1. The van der Waals surface area contributed by atoms with Gasteiger partial charge in [0, 0.05) is 29.4 Å². The molecule has 0 fully saturated rings. The van der Waals surface area contributed by atoms with Crippen molar-refractivity contribution in [3.63, 3.8) is 0 Å². The molecule has 3 aromatic rings. The predicted octanol–water partition coefficient (Wildman–Crippen LogP) is 4.44. The third kappa shape index (κ3) is 3.54. The minimum atomic E-state index is 0.251. The topological polar surface area (TPSA) is 68.3 Å². The first-order chi connectivity index (χ1) is 12.7. The summed E-state index contributed by atoms with van der Waals surface area (Å²) in [5.41, 5.74) is 2.73. The Morgan fingerprint density at radius 1 is 0.923 bits per heavy atom. The number of hydrogen-bond acceptors (Lipinski definition) is 6. The molecule has 26 heavy (non-hydrogen) atoms. The smallest absolute Gasteiger partial charge is 0.231 e. The molecule has 0 radical (unpaired) electrons. The van der Waals surface area contributed by atoms with Crippen molar-refractivity contribution in [3.05, 3.63) is 54.6 Å². The van der Waals surface area contributed by atoms with E-state index in [2.05, 4.69) is 34.4 Å². The van der Waals surface area contributed by atoms with Crippen molar-refractivity contribution in [3.8, 4) is 22.8 Å². The minimum Gasteiger partial charge on any atom is -0.454 e. The normalized spacial score (nSPS) is 12.3. The molecule has 2 aromatic carbocycles. The van der Waals surface area contributed by atoms with Crippen LogP contribution in [0, 0.1) is 0 Å². The summed E-state index contributed by atoms with van der Waals surface area (Å²) in [7, 11) is 0. The molecular weight excluding hydrogens is 328 g/mol. The summed E-state index contributed by atoms with van der Waals surface area (Å²) in [6.07, 6.45) is 0. The first kappa shape index (κ1) is 16.2. The highest BCUT2D eigenvalue weighted by atomic mass is 16.7. The maximum Gasteiger partial charge on any atom is 0.231 e. The van der Waals surface area contributed by atoms with Gasteiger partial charge in [-0.25, -0.2) is 4.98 Å². The minimum absolute atomic E-state index is 0.251. The van der Waals surface area contributed by atoms with Gasteiger partial charge in [-0.1, -0.05) is 30.3 Å². The van der Waals surface area contributed by atoms with Gasteiger partial charge in [0.2, 0.25) is 12.7 Å². The van der Waals surface area contributed by atoms with E-state index in [1.807, 2.05) is 54.6 Å². The number of rotatable bonds is 5. The Kier molecular flexibility index (Phi) is 4.31. The van der Waals surface area contributed by atoms with Gasteiger partial charge in [-0.2, -0.15) is 4.98 Å². The van der Waals surface area contributed by atoms with Crippen LogP contribution in [-0.4, -0.2) is 22.8 Å². The van der Waals surface area contributed by atoms with Crippen molar-refractivity contribution >= 4 is 17.5 Å². The van der Waals surface area contributed by atoms with Crippen LogP contribution in [0.1, 0.15) is 13.8 Å². The van der Waals surface area contributed by atoms with Crippen LogP contribution in [0.2, 0.25) is 0 Å². The summed E-state index contributed by atoms with van der Waals surface area (Å²) in [5.74, 6) is 2.76. The van der Waals surface area contributed by atoms with Crippen LogP contribution in [0.25, 0.3) is 11.3 Å². The Labute approximate surface area is 152 Å². The van der Waals surface area contributed by atoms with Crippen LogP contribution in [0.15, 0.2) is 54.6 Å². The molecule has 6 heteroatoms. The predicted molar refractivity (Wildman–Crippen MR) is 102 cm³/mol. The largest absolute Gasteiger partial charge is 0.454 e. The number of benzene rings is 2. The van der Waals surface area contributed by atoms with E-state index in [9.17, 15) is 0 Å². The standard InChI is InChI=1S/C20H20N4O2/c1-13(2)21-19-11-16(14-6-4-3-5-7-14)23-20(24-19)22-15-8-9-17-18(10-15)26-12-25-17/h3-11,13H,12H2,1-2H3,(H2,21,22,23,24). The van der Waals surface area contributed by atoms with Crippen LogP contribution >= 0.6 is 0 Å². The molecule has 2 N–H and O–H groups in total. The van der Waals surface area contributed by atoms with Gasteiger partial charge in [-0.05, 0) is 26.0 Å². The zero-order valence-electron chi connectivity index (χ0n) is 14.7. The molecule has 0 bridgehead atoms. The maximum atomic E-state index is 5.43. The van der Waals surface area contributed by atoms with Crippen molar-refractivity contribution in [2.24, 2.45) is 0 Å². The molecule has 1 aromatic heterocycles. The van der Waals surface area contributed by atoms with Gasteiger partial charge in [0.15, 0.2) is 11.5 Å². The van der Waals surface area contributed by atoms with Gasteiger partial charge >= 0.3 is 0 Å². The van der Waals surface area contributed by atoms with E-state index in [0.29, 0.717) is 5.95 Å². The summed E-state index contributed by atoms with van der Waals surface area (Å²) >= 11 is 0. The lowest BCUT2D eigenvalue weighted by Gasteiger charge is -2.13. The molecule has 0 unspecified atom stereocenters. The molecule has 6 nitrogen and oxygen atoms in total. The maximum absolute atomic E-state index is 5.43. The number of hydrogen-bond donors (Lipinski definition) is 2. The first-order valence-corrected chi connectivity index (χ1v) is 8.55. The van der Waals surface area contributed by atoms with Gasteiger partial charge in [0.05, 0.1) is 5.69 Å². The third-order valence-corrected chi connectivity index (χ3v) is 3.86. The number of aromatic nitrogens is 2.